The van der Waals surface area contributed by atoms with Crippen LogP contribution in [0.5, 0.6) is 0 Å². The normalized spacial score (nSPS) is 51.7. The van der Waals surface area contributed by atoms with Crippen LogP contribution in [0.2, 0.25) is 0 Å². The molecule has 7 atom stereocenters. The molecule has 0 spiro atoms. The van der Waals surface area contributed by atoms with Crippen molar-refractivity contribution in [3.8, 4) is 0 Å². The Morgan fingerprint density at radius 2 is 2.00 bits per heavy atom. The van der Waals surface area contributed by atoms with Gasteiger partial charge in [-0.2, -0.15) is 0 Å². The van der Waals surface area contributed by atoms with Crippen molar-refractivity contribution in [3.63, 3.8) is 0 Å². The molecule has 23 heavy (non-hydrogen) atoms. The number of allylic oxidation sites excluding steroid dienone is 3. The predicted molar refractivity (Wildman–Crippen MR) is 88.8 cm³/mol. The third-order valence-corrected chi connectivity index (χ3v) is 7.74. The highest BCUT2D eigenvalue weighted by Gasteiger charge is 2.60. The van der Waals surface area contributed by atoms with E-state index in [2.05, 4.69) is 26.0 Å². The minimum atomic E-state index is -0.174. The van der Waals surface area contributed by atoms with Crippen LogP contribution in [0.4, 0.5) is 0 Å². The van der Waals surface area contributed by atoms with Crippen LogP contribution in [0.3, 0.4) is 0 Å². The lowest BCUT2D eigenvalue weighted by atomic mass is 9.48. The first-order valence-corrected chi connectivity index (χ1v) is 9.04. The molecule has 0 amide bonds. The fourth-order valence-electron chi connectivity index (χ4n) is 6.27. The summed E-state index contributed by atoms with van der Waals surface area (Å²) in [5.74, 6) is 1.68. The van der Waals surface area contributed by atoms with Crippen LogP contribution in [0.1, 0.15) is 46.0 Å². The van der Waals surface area contributed by atoms with E-state index in [0.29, 0.717) is 24.2 Å². The van der Waals surface area contributed by atoms with Crippen LogP contribution in [-0.4, -0.2) is 30.2 Å². The summed E-state index contributed by atoms with van der Waals surface area (Å²) >= 11 is 0. The molecule has 0 bridgehead atoms. The van der Waals surface area contributed by atoms with Gasteiger partial charge in [-0.1, -0.05) is 31.6 Å². The number of hydrogen-bond donors (Lipinski definition) is 1. The molecule has 3 nitrogen and oxygen atoms in total. The van der Waals surface area contributed by atoms with E-state index in [1.165, 1.54) is 5.57 Å². The summed E-state index contributed by atoms with van der Waals surface area (Å²) in [6.45, 7) is 4.58. The van der Waals surface area contributed by atoms with Crippen molar-refractivity contribution in [3.05, 3.63) is 23.8 Å². The molecule has 2 saturated carbocycles. The highest BCUT2D eigenvalue weighted by Crippen LogP contribution is 2.64. The fourth-order valence-corrected chi connectivity index (χ4v) is 6.27. The number of ketones is 1. The molecule has 3 heteroatoms. The zero-order valence-corrected chi connectivity index (χ0v) is 14.4. The zero-order chi connectivity index (χ0) is 16.4. The highest BCUT2D eigenvalue weighted by atomic mass is 16.5. The van der Waals surface area contributed by atoms with Gasteiger partial charge in [0.2, 0.25) is 0 Å². The molecular formula is C20H28O3. The number of fused-ring (bicyclic) bond motifs is 5. The summed E-state index contributed by atoms with van der Waals surface area (Å²) in [6.07, 6.45) is 10.8. The van der Waals surface area contributed by atoms with Gasteiger partial charge in [0.1, 0.15) is 0 Å². The quantitative estimate of drug-likeness (QED) is 0.755. The maximum absolute atomic E-state index is 11.9. The van der Waals surface area contributed by atoms with Gasteiger partial charge in [0, 0.05) is 18.9 Å². The van der Waals surface area contributed by atoms with Crippen molar-refractivity contribution in [2.75, 3.05) is 7.11 Å². The molecule has 0 heterocycles. The van der Waals surface area contributed by atoms with Gasteiger partial charge in [0.15, 0.2) is 5.78 Å². The summed E-state index contributed by atoms with van der Waals surface area (Å²) in [6, 6.07) is 0. The van der Waals surface area contributed by atoms with Crippen LogP contribution in [0.25, 0.3) is 0 Å². The zero-order valence-electron chi connectivity index (χ0n) is 14.4. The molecule has 1 N–H and O–H groups in total. The second-order valence-electron chi connectivity index (χ2n) is 8.58. The lowest BCUT2D eigenvalue weighted by Gasteiger charge is -2.57. The van der Waals surface area contributed by atoms with Gasteiger partial charge < -0.3 is 9.84 Å². The molecule has 4 aliphatic rings. The lowest BCUT2D eigenvalue weighted by Crippen LogP contribution is -2.54. The van der Waals surface area contributed by atoms with Crippen LogP contribution in [-0.2, 0) is 9.53 Å². The number of aliphatic hydroxyl groups excluding tert-OH is 1. The van der Waals surface area contributed by atoms with Gasteiger partial charge in [0.25, 0.3) is 0 Å². The maximum Gasteiger partial charge on any atom is 0.159 e. The minimum Gasteiger partial charge on any atom is -0.393 e. The third-order valence-electron chi connectivity index (χ3n) is 7.74. The number of aliphatic hydroxyl groups is 1. The second-order valence-corrected chi connectivity index (χ2v) is 8.58. The van der Waals surface area contributed by atoms with Gasteiger partial charge >= 0.3 is 0 Å². The Hall–Kier alpha value is -0.930. The first kappa shape index (κ1) is 15.6. The van der Waals surface area contributed by atoms with Gasteiger partial charge in [0.05, 0.1) is 12.2 Å². The van der Waals surface area contributed by atoms with Crippen LogP contribution < -0.4 is 0 Å². The number of carbonyl (C=O) groups excluding carboxylic acids is 1. The molecule has 126 valence electrons. The molecule has 4 aliphatic carbocycles. The molecule has 2 unspecified atom stereocenters. The molecular weight excluding hydrogens is 288 g/mol. The fraction of sp³-hybridized carbons (Fsp3) is 0.750. The lowest BCUT2D eigenvalue weighted by molar-refractivity contribution is -0.117. The van der Waals surface area contributed by atoms with E-state index in [1.807, 2.05) is 0 Å². The van der Waals surface area contributed by atoms with Crippen molar-refractivity contribution in [1.29, 1.82) is 0 Å². The van der Waals surface area contributed by atoms with E-state index in [4.69, 9.17) is 4.74 Å². The summed E-state index contributed by atoms with van der Waals surface area (Å²) in [7, 11) is 1.79. The SMILES string of the molecule is COC1C=C2CC(=O)C=C[C@]2(C)[C@@H]2CC[C@]3(C)C(O)CC[C@H]3[C@H]12. The number of rotatable bonds is 1. The van der Waals surface area contributed by atoms with Crippen molar-refractivity contribution in [2.24, 2.45) is 28.6 Å². The smallest absolute Gasteiger partial charge is 0.159 e. The monoisotopic (exact) mass is 316 g/mol. The van der Waals surface area contributed by atoms with E-state index in [1.54, 1.807) is 13.2 Å². The molecule has 0 aliphatic heterocycles. The summed E-state index contributed by atoms with van der Waals surface area (Å²) in [5, 5.41) is 10.5. The van der Waals surface area contributed by atoms with Gasteiger partial charge in [-0.05, 0) is 54.9 Å². The first-order valence-electron chi connectivity index (χ1n) is 9.04. The van der Waals surface area contributed by atoms with E-state index in [9.17, 15) is 9.90 Å². The van der Waals surface area contributed by atoms with Crippen molar-refractivity contribution in [2.45, 2.75) is 58.2 Å². The Balaban J connectivity index is 1.79. The van der Waals surface area contributed by atoms with Crippen molar-refractivity contribution >= 4 is 5.78 Å². The summed E-state index contributed by atoms with van der Waals surface area (Å²) in [5.41, 5.74) is 1.27. The number of carbonyl (C=O) groups is 1. The molecule has 2 fully saturated rings. The Morgan fingerprint density at radius 3 is 2.74 bits per heavy atom. The Kier molecular flexibility index (Phi) is 3.41. The average Bonchev–Trinajstić information content (AvgIpc) is 2.83. The predicted octanol–water partition coefficient (Wildman–Crippen LogP) is 3.28. The van der Waals surface area contributed by atoms with E-state index < -0.39 is 0 Å². The van der Waals surface area contributed by atoms with Crippen LogP contribution in [0, 0.1) is 28.6 Å². The molecule has 0 saturated heterocycles. The number of ether oxygens (including phenoxy) is 1. The Bertz CT molecular complexity index is 592. The van der Waals surface area contributed by atoms with Crippen LogP contribution in [0.15, 0.2) is 23.8 Å². The molecule has 4 rings (SSSR count). The molecule has 0 radical (unpaired) electrons. The number of methoxy groups -OCH3 is 1. The Morgan fingerprint density at radius 1 is 1.22 bits per heavy atom. The van der Waals surface area contributed by atoms with Crippen LogP contribution >= 0.6 is 0 Å². The molecule has 0 aromatic heterocycles. The van der Waals surface area contributed by atoms with Gasteiger partial charge in [-0.25, -0.2) is 0 Å². The van der Waals surface area contributed by atoms with Crippen molar-refractivity contribution < 1.29 is 14.6 Å². The second kappa shape index (κ2) is 5.03. The summed E-state index contributed by atoms with van der Waals surface area (Å²) in [4.78, 5) is 11.9. The third kappa shape index (κ3) is 1.99. The Labute approximate surface area is 138 Å². The number of hydrogen-bond acceptors (Lipinski definition) is 3. The van der Waals surface area contributed by atoms with E-state index in [-0.39, 0.29) is 28.8 Å². The standard InChI is InChI=1S/C20H28O3/c1-19-8-6-13(21)10-12(19)11-16(23-3)18-14-4-5-17(22)20(14,2)9-7-15(18)19/h6,8,11,14-18,22H,4-5,7,9-10H2,1-3H3/t14-,15+,16?,17?,18-,19-,20-/m0/s1. The highest BCUT2D eigenvalue weighted by molar-refractivity contribution is 5.93. The van der Waals surface area contributed by atoms with Gasteiger partial charge in [-0.3, -0.25) is 4.79 Å². The van der Waals surface area contributed by atoms with E-state index in [0.717, 1.165) is 25.7 Å². The molecule has 0 aromatic carbocycles. The molecule has 0 aromatic rings. The van der Waals surface area contributed by atoms with Gasteiger partial charge in [-0.15, -0.1) is 0 Å². The topological polar surface area (TPSA) is 46.5 Å². The largest absolute Gasteiger partial charge is 0.393 e. The summed E-state index contributed by atoms with van der Waals surface area (Å²) < 4.78 is 5.88. The first-order chi connectivity index (χ1) is 10.9. The maximum atomic E-state index is 11.9. The average molecular weight is 316 g/mol. The minimum absolute atomic E-state index is 0.0114. The van der Waals surface area contributed by atoms with E-state index >= 15 is 0 Å². The van der Waals surface area contributed by atoms with Crippen molar-refractivity contribution in [1.82, 2.24) is 0 Å².